The Labute approximate surface area is 164 Å². The summed E-state index contributed by atoms with van der Waals surface area (Å²) in [7, 11) is 0. The molecule has 3 rings (SSSR count). The summed E-state index contributed by atoms with van der Waals surface area (Å²) in [6.07, 6.45) is 5.96. The van der Waals surface area contributed by atoms with Crippen LogP contribution in [0, 0.1) is 0 Å². The normalized spacial score (nSPS) is 10.4. The van der Waals surface area contributed by atoms with Gasteiger partial charge in [-0.3, -0.25) is 4.79 Å². The van der Waals surface area contributed by atoms with Crippen molar-refractivity contribution in [3.05, 3.63) is 53.2 Å². The first-order chi connectivity index (χ1) is 13.1. The van der Waals surface area contributed by atoms with Gasteiger partial charge in [-0.1, -0.05) is 6.07 Å². The number of hydrogen-bond donors (Lipinski definition) is 5. The minimum atomic E-state index is -0.254. The van der Waals surface area contributed by atoms with Crippen LogP contribution in [0.4, 0.5) is 23.1 Å². The van der Waals surface area contributed by atoms with E-state index in [-0.39, 0.29) is 12.5 Å². The zero-order valence-corrected chi connectivity index (χ0v) is 16.0. The minimum absolute atomic E-state index is 0.0687. The van der Waals surface area contributed by atoms with Crippen molar-refractivity contribution >= 4 is 45.0 Å². The van der Waals surface area contributed by atoms with E-state index >= 15 is 0 Å². The fourth-order valence-electron chi connectivity index (χ4n) is 2.30. The van der Waals surface area contributed by atoms with Crippen LogP contribution in [0.1, 0.15) is 5.69 Å². The van der Waals surface area contributed by atoms with Crippen molar-refractivity contribution < 1.29 is 4.79 Å². The molecule has 1 amide bonds. The Morgan fingerprint density at radius 2 is 2.11 bits per heavy atom. The quantitative estimate of drug-likeness (QED) is 0.369. The number of nitrogens with one attached hydrogen (secondary N) is 4. The van der Waals surface area contributed by atoms with Crippen molar-refractivity contribution in [2.75, 3.05) is 29.0 Å². The largest absolute Gasteiger partial charge is 0.369 e. The molecule has 2 heterocycles. The van der Waals surface area contributed by atoms with Crippen LogP contribution in [0.5, 0.6) is 0 Å². The summed E-state index contributed by atoms with van der Waals surface area (Å²) in [5, 5.41) is 9.09. The number of imidazole rings is 1. The van der Waals surface area contributed by atoms with Gasteiger partial charge >= 0.3 is 0 Å². The number of anilines is 4. The Hall–Kier alpha value is -2.98. The van der Waals surface area contributed by atoms with E-state index in [0.717, 1.165) is 22.3 Å². The summed E-state index contributed by atoms with van der Waals surface area (Å²) >= 11 is 3.45. The molecule has 140 valence electrons. The topological polar surface area (TPSA) is 134 Å². The molecule has 3 aromatic rings. The first kappa shape index (κ1) is 18.8. The molecule has 0 saturated carbocycles. The van der Waals surface area contributed by atoms with Gasteiger partial charge in [-0.15, -0.1) is 0 Å². The molecule has 0 saturated heterocycles. The zero-order valence-electron chi connectivity index (χ0n) is 14.4. The van der Waals surface area contributed by atoms with Crippen LogP contribution in [-0.4, -0.2) is 38.9 Å². The molecule has 0 fully saturated rings. The van der Waals surface area contributed by atoms with Crippen molar-refractivity contribution in [3.63, 3.8) is 0 Å². The van der Waals surface area contributed by atoms with E-state index in [1.54, 1.807) is 24.7 Å². The van der Waals surface area contributed by atoms with Crippen LogP contribution in [0.3, 0.4) is 0 Å². The second-order valence-corrected chi connectivity index (χ2v) is 6.44. The Kier molecular flexibility index (Phi) is 6.34. The molecule has 2 aromatic heterocycles. The standard InChI is InChI=1S/C17H19BrN8O/c18-14-9-22-17(26-16(14)21-5-4-13-8-20-10-23-13)25-12-3-1-2-11(6-12)24-15(27)7-19/h1-3,6,8-10H,4-5,7,19H2,(H,20,23)(H,24,27)(H2,21,22,25,26). The lowest BCUT2D eigenvalue weighted by atomic mass is 10.2. The van der Waals surface area contributed by atoms with Crippen LogP contribution >= 0.6 is 15.9 Å². The van der Waals surface area contributed by atoms with Gasteiger partial charge in [0.2, 0.25) is 11.9 Å². The van der Waals surface area contributed by atoms with E-state index < -0.39 is 0 Å². The second kappa shape index (κ2) is 9.10. The molecular formula is C17H19BrN8O. The van der Waals surface area contributed by atoms with Crippen molar-refractivity contribution in [2.45, 2.75) is 6.42 Å². The van der Waals surface area contributed by atoms with Crippen molar-refractivity contribution in [3.8, 4) is 0 Å². The number of halogens is 1. The number of benzene rings is 1. The number of nitrogens with two attached hydrogens (primary N) is 1. The van der Waals surface area contributed by atoms with Gasteiger partial charge in [0.15, 0.2) is 0 Å². The fraction of sp³-hybridized carbons (Fsp3) is 0.176. The van der Waals surface area contributed by atoms with Crippen molar-refractivity contribution in [1.29, 1.82) is 0 Å². The Balaban J connectivity index is 1.65. The van der Waals surface area contributed by atoms with E-state index in [4.69, 9.17) is 5.73 Å². The lowest BCUT2D eigenvalue weighted by Crippen LogP contribution is -2.21. The maximum absolute atomic E-state index is 11.4. The molecule has 10 heteroatoms. The summed E-state index contributed by atoms with van der Waals surface area (Å²) in [5.41, 5.74) is 7.68. The molecule has 0 spiro atoms. The number of hydrogen-bond acceptors (Lipinski definition) is 7. The number of carbonyl (C=O) groups excluding carboxylic acids is 1. The molecule has 0 aliphatic rings. The number of aromatic amines is 1. The molecule has 0 aliphatic heterocycles. The smallest absolute Gasteiger partial charge is 0.238 e. The van der Waals surface area contributed by atoms with Crippen LogP contribution in [0.15, 0.2) is 47.5 Å². The first-order valence-corrected chi connectivity index (χ1v) is 9.04. The number of amides is 1. The SMILES string of the molecule is NCC(=O)Nc1cccc(Nc2ncc(Br)c(NCCc3c[nH]cn3)n2)c1. The summed E-state index contributed by atoms with van der Waals surface area (Å²) in [5.74, 6) is 0.855. The zero-order chi connectivity index (χ0) is 19.1. The van der Waals surface area contributed by atoms with Gasteiger partial charge in [-0.05, 0) is 34.1 Å². The Morgan fingerprint density at radius 3 is 2.89 bits per heavy atom. The third-order valence-electron chi connectivity index (χ3n) is 3.56. The molecule has 6 N–H and O–H groups in total. The molecular weight excluding hydrogens is 412 g/mol. The highest BCUT2D eigenvalue weighted by Gasteiger charge is 2.07. The van der Waals surface area contributed by atoms with E-state index in [1.807, 2.05) is 18.3 Å². The van der Waals surface area contributed by atoms with Gasteiger partial charge in [0.25, 0.3) is 0 Å². The van der Waals surface area contributed by atoms with E-state index in [9.17, 15) is 4.79 Å². The van der Waals surface area contributed by atoms with Gasteiger partial charge in [0, 0.05) is 36.7 Å². The second-order valence-electron chi connectivity index (χ2n) is 5.59. The highest BCUT2D eigenvalue weighted by atomic mass is 79.9. The van der Waals surface area contributed by atoms with Crippen LogP contribution < -0.4 is 21.7 Å². The molecule has 0 atom stereocenters. The predicted octanol–water partition coefficient (Wildman–Crippen LogP) is 2.26. The lowest BCUT2D eigenvalue weighted by Gasteiger charge is -2.11. The maximum Gasteiger partial charge on any atom is 0.238 e. The number of carbonyl (C=O) groups is 1. The number of H-pyrrole nitrogens is 1. The van der Waals surface area contributed by atoms with E-state index in [0.29, 0.717) is 24.0 Å². The van der Waals surface area contributed by atoms with Crippen molar-refractivity contribution in [2.24, 2.45) is 5.73 Å². The van der Waals surface area contributed by atoms with Gasteiger partial charge < -0.3 is 26.7 Å². The first-order valence-electron chi connectivity index (χ1n) is 8.25. The van der Waals surface area contributed by atoms with Gasteiger partial charge in [-0.2, -0.15) is 4.98 Å². The van der Waals surface area contributed by atoms with Crippen LogP contribution in [-0.2, 0) is 11.2 Å². The lowest BCUT2D eigenvalue weighted by molar-refractivity contribution is -0.114. The molecule has 0 aliphatic carbocycles. The summed E-state index contributed by atoms with van der Waals surface area (Å²) in [6.45, 7) is 0.612. The molecule has 1 aromatic carbocycles. The average Bonchev–Trinajstić information content (AvgIpc) is 3.18. The summed E-state index contributed by atoms with van der Waals surface area (Å²) in [6, 6.07) is 7.23. The molecule has 0 bridgehead atoms. The molecule has 27 heavy (non-hydrogen) atoms. The van der Waals surface area contributed by atoms with Crippen LogP contribution in [0.2, 0.25) is 0 Å². The highest BCUT2D eigenvalue weighted by Crippen LogP contribution is 2.23. The van der Waals surface area contributed by atoms with Gasteiger partial charge in [0.1, 0.15) is 5.82 Å². The van der Waals surface area contributed by atoms with Crippen LogP contribution in [0.25, 0.3) is 0 Å². The number of rotatable bonds is 8. The molecule has 0 unspecified atom stereocenters. The summed E-state index contributed by atoms with van der Waals surface area (Å²) in [4.78, 5) is 27.3. The van der Waals surface area contributed by atoms with Gasteiger partial charge in [0.05, 0.1) is 23.0 Å². The van der Waals surface area contributed by atoms with E-state index in [1.165, 1.54) is 0 Å². The monoisotopic (exact) mass is 430 g/mol. The number of nitrogens with zero attached hydrogens (tertiary/aromatic N) is 3. The highest BCUT2D eigenvalue weighted by molar-refractivity contribution is 9.10. The third-order valence-corrected chi connectivity index (χ3v) is 4.14. The summed E-state index contributed by atoms with van der Waals surface area (Å²) < 4.78 is 0.763. The third kappa shape index (κ3) is 5.50. The van der Waals surface area contributed by atoms with Gasteiger partial charge in [-0.25, -0.2) is 9.97 Å². The fourth-order valence-corrected chi connectivity index (χ4v) is 2.63. The minimum Gasteiger partial charge on any atom is -0.369 e. The van der Waals surface area contributed by atoms with Crippen molar-refractivity contribution in [1.82, 2.24) is 19.9 Å². The number of aromatic nitrogens is 4. The predicted molar refractivity (Wildman–Crippen MR) is 108 cm³/mol. The Bertz CT molecular complexity index is 900. The molecule has 9 nitrogen and oxygen atoms in total. The molecule has 0 radical (unpaired) electrons. The Morgan fingerprint density at radius 1 is 1.26 bits per heavy atom. The maximum atomic E-state index is 11.4. The van der Waals surface area contributed by atoms with E-state index in [2.05, 4.69) is 51.8 Å². The average molecular weight is 431 g/mol.